The number of nitrogens with two attached hydrogens (primary N) is 1. The highest BCUT2D eigenvalue weighted by molar-refractivity contribution is 5.92. The normalized spacial score (nSPS) is 23.5. The number of carbonyl (C=O) groups excluding carboxylic acids is 1. The predicted octanol–water partition coefficient (Wildman–Crippen LogP) is 1.38. The number of nitrogens with one attached hydrogen (secondary N) is 1. The molecule has 2 aliphatic heterocycles. The average molecular weight is 288 g/mol. The molecule has 0 saturated carbocycles. The van der Waals surface area contributed by atoms with Gasteiger partial charge in [-0.15, -0.1) is 0 Å². The van der Waals surface area contributed by atoms with E-state index in [9.17, 15) is 4.79 Å². The zero-order valence-corrected chi connectivity index (χ0v) is 12.4. The van der Waals surface area contributed by atoms with E-state index >= 15 is 0 Å². The van der Waals surface area contributed by atoms with Gasteiger partial charge in [0, 0.05) is 30.5 Å². The van der Waals surface area contributed by atoms with Gasteiger partial charge in [0.1, 0.15) is 0 Å². The summed E-state index contributed by atoms with van der Waals surface area (Å²) in [7, 11) is 0. The summed E-state index contributed by atoms with van der Waals surface area (Å²) in [4.78, 5) is 16.9. The second-order valence-electron chi connectivity index (χ2n) is 6.09. The number of amides is 1. The fourth-order valence-corrected chi connectivity index (χ4v) is 3.33. The van der Waals surface area contributed by atoms with Gasteiger partial charge >= 0.3 is 0 Å². The molecule has 1 atom stereocenters. The van der Waals surface area contributed by atoms with Crippen LogP contribution >= 0.6 is 0 Å². The van der Waals surface area contributed by atoms with Crippen LogP contribution in [-0.2, 0) is 4.79 Å². The molecule has 0 spiro atoms. The van der Waals surface area contributed by atoms with Gasteiger partial charge in [-0.1, -0.05) is 0 Å². The SMILES string of the molecule is Nc1ccc(NC(=O)CN2CCC(N3CCCC3)C2)cc1. The largest absolute Gasteiger partial charge is 0.399 e. The average Bonchev–Trinajstić information content (AvgIpc) is 3.12. The Labute approximate surface area is 126 Å². The van der Waals surface area contributed by atoms with E-state index in [2.05, 4.69) is 15.1 Å². The van der Waals surface area contributed by atoms with E-state index in [1.807, 2.05) is 12.1 Å². The summed E-state index contributed by atoms with van der Waals surface area (Å²) in [5, 5.41) is 2.93. The topological polar surface area (TPSA) is 61.6 Å². The third-order valence-corrected chi connectivity index (χ3v) is 4.47. The Bertz CT molecular complexity index is 482. The van der Waals surface area contributed by atoms with Crippen molar-refractivity contribution in [2.75, 3.05) is 43.8 Å². The number of nitrogens with zero attached hydrogens (tertiary/aromatic N) is 2. The highest BCUT2D eigenvalue weighted by Gasteiger charge is 2.29. The van der Waals surface area contributed by atoms with Crippen molar-refractivity contribution in [1.29, 1.82) is 0 Å². The molecule has 2 fully saturated rings. The van der Waals surface area contributed by atoms with E-state index in [0.29, 0.717) is 18.3 Å². The zero-order chi connectivity index (χ0) is 14.7. The fourth-order valence-electron chi connectivity index (χ4n) is 3.33. The minimum absolute atomic E-state index is 0.0573. The van der Waals surface area contributed by atoms with Crippen LogP contribution in [0.1, 0.15) is 19.3 Å². The van der Waals surface area contributed by atoms with Gasteiger partial charge in [0.2, 0.25) is 5.91 Å². The van der Waals surface area contributed by atoms with Gasteiger partial charge in [-0.05, 0) is 56.6 Å². The summed E-state index contributed by atoms with van der Waals surface area (Å²) in [6.45, 7) is 4.99. The Morgan fingerprint density at radius 2 is 1.90 bits per heavy atom. The molecule has 0 aliphatic carbocycles. The molecule has 1 unspecified atom stereocenters. The van der Waals surface area contributed by atoms with Gasteiger partial charge < -0.3 is 11.1 Å². The summed E-state index contributed by atoms with van der Waals surface area (Å²) in [5.41, 5.74) is 7.16. The van der Waals surface area contributed by atoms with Crippen molar-refractivity contribution < 1.29 is 4.79 Å². The summed E-state index contributed by atoms with van der Waals surface area (Å²) < 4.78 is 0. The molecule has 1 amide bonds. The van der Waals surface area contributed by atoms with Crippen molar-refractivity contribution in [2.45, 2.75) is 25.3 Å². The minimum Gasteiger partial charge on any atom is -0.399 e. The van der Waals surface area contributed by atoms with Gasteiger partial charge in [0.15, 0.2) is 0 Å². The van der Waals surface area contributed by atoms with Crippen molar-refractivity contribution >= 4 is 17.3 Å². The molecule has 2 saturated heterocycles. The third kappa shape index (κ3) is 3.74. The van der Waals surface area contributed by atoms with E-state index in [0.717, 1.165) is 18.8 Å². The Kier molecular flexibility index (Phi) is 4.41. The van der Waals surface area contributed by atoms with E-state index in [1.165, 1.54) is 32.4 Å². The first-order valence-electron chi connectivity index (χ1n) is 7.82. The molecule has 21 heavy (non-hydrogen) atoms. The monoisotopic (exact) mass is 288 g/mol. The molecule has 1 aromatic carbocycles. The summed E-state index contributed by atoms with van der Waals surface area (Å²) in [6, 6.07) is 7.93. The lowest BCUT2D eigenvalue weighted by atomic mass is 10.2. The number of hydrogen-bond donors (Lipinski definition) is 2. The Balaban J connectivity index is 1.46. The van der Waals surface area contributed by atoms with Crippen molar-refractivity contribution in [3.63, 3.8) is 0 Å². The Morgan fingerprint density at radius 1 is 1.19 bits per heavy atom. The van der Waals surface area contributed by atoms with Crippen molar-refractivity contribution in [3.05, 3.63) is 24.3 Å². The molecule has 2 aliphatic rings. The second-order valence-corrected chi connectivity index (χ2v) is 6.09. The first kappa shape index (κ1) is 14.4. The molecule has 3 rings (SSSR count). The third-order valence-electron chi connectivity index (χ3n) is 4.47. The van der Waals surface area contributed by atoms with Crippen LogP contribution in [0.15, 0.2) is 24.3 Å². The van der Waals surface area contributed by atoms with Crippen LogP contribution < -0.4 is 11.1 Å². The molecule has 5 nitrogen and oxygen atoms in total. The molecular weight excluding hydrogens is 264 g/mol. The van der Waals surface area contributed by atoms with Crippen LogP contribution in [0.4, 0.5) is 11.4 Å². The number of rotatable bonds is 4. The van der Waals surface area contributed by atoms with Crippen molar-refractivity contribution in [3.8, 4) is 0 Å². The van der Waals surface area contributed by atoms with Gasteiger partial charge in [-0.3, -0.25) is 14.6 Å². The molecule has 1 aromatic rings. The van der Waals surface area contributed by atoms with Crippen LogP contribution in [-0.4, -0.2) is 54.5 Å². The van der Waals surface area contributed by atoms with Crippen LogP contribution in [0.25, 0.3) is 0 Å². The minimum atomic E-state index is 0.0573. The maximum Gasteiger partial charge on any atom is 0.238 e. The smallest absolute Gasteiger partial charge is 0.238 e. The summed E-state index contributed by atoms with van der Waals surface area (Å²) >= 11 is 0. The van der Waals surface area contributed by atoms with Crippen LogP contribution in [0.5, 0.6) is 0 Å². The maximum atomic E-state index is 12.1. The number of anilines is 2. The lowest BCUT2D eigenvalue weighted by Crippen LogP contribution is -2.37. The number of nitrogen functional groups attached to an aromatic ring is 1. The van der Waals surface area contributed by atoms with Crippen LogP contribution in [0.3, 0.4) is 0 Å². The number of benzene rings is 1. The molecule has 114 valence electrons. The first-order valence-corrected chi connectivity index (χ1v) is 7.82. The molecule has 5 heteroatoms. The number of carbonyl (C=O) groups is 1. The number of likely N-dealkylation sites (tertiary alicyclic amines) is 2. The highest BCUT2D eigenvalue weighted by atomic mass is 16.2. The van der Waals surface area contributed by atoms with Crippen molar-refractivity contribution in [2.24, 2.45) is 0 Å². The predicted molar refractivity (Wildman–Crippen MR) is 85.1 cm³/mol. The lowest BCUT2D eigenvalue weighted by Gasteiger charge is -2.23. The maximum absolute atomic E-state index is 12.1. The quantitative estimate of drug-likeness (QED) is 0.822. The second kappa shape index (κ2) is 6.45. The lowest BCUT2D eigenvalue weighted by molar-refractivity contribution is -0.117. The molecule has 3 N–H and O–H groups in total. The summed E-state index contributed by atoms with van der Waals surface area (Å²) in [6.07, 6.45) is 3.84. The number of hydrogen-bond acceptors (Lipinski definition) is 4. The van der Waals surface area contributed by atoms with Gasteiger partial charge in [0.25, 0.3) is 0 Å². The van der Waals surface area contributed by atoms with E-state index in [4.69, 9.17) is 5.73 Å². The van der Waals surface area contributed by atoms with Gasteiger partial charge in [-0.25, -0.2) is 0 Å². The molecule has 0 bridgehead atoms. The highest BCUT2D eigenvalue weighted by Crippen LogP contribution is 2.20. The molecule has 2 heterocycles. The van der Waals surface area contributed by atoms with E-state index in [1.54, 1.807) is 12.1 Å². The standard InChI is InChI=1S/C16H24N4O/c17-13-3-5-14(6-4-13)18-16(21)12-19-10-7-15(11-19)20-8-1-2-9-20/h3-6,15H,1-2,7-12,17H2,(H,18,21). The molecule has 0 aromatic heterocycles. The summed E-state index contributed by atoms with van der Waals surface area (Å²) in [5.74, 6) is 0.0573. The van der Waals surface area contributed by atoms with Gasteiger partial charge in [-0.2, -0.15) is 0 Å². The van der Waals surface area contributed by atoms with E-state index in [-0.39, 0.29) is 5.91 Å². The molecular formula is C16H24N4O. The van der Waals surface area contributed by atoms with Gasteiger partial charge in [0.05, 0.1) is 6.54 Å². The first-order chi connectivity index (χ1) is 10.2. The van der Waals surface area contributed by atoms with Crippen LogP contribution in [0.2, 0.25) is 0 Å². The molecule has 0 radical (unpaired) electrons. The zero-order valence-electron chi connectivity index (χ0n) is 12.4. The van der Waals surface area contributed by atoms with E-state index < -0.39 is 0 Å². The fraction of sp³-hybridized carbons (Fsp3) is 0.562. The van der Waals surface area contributed by atoms with Crippen LogP contribution in [0, 0.1) is 0 Å². The Hall–Kier alpha value is -1.59. The van der Waals surface area contributed by atoms with Crippen molar-refractivity contribution in [1.82, 2.24) is 9.80 Å². The Morgan fingerprint density at radius 3 is 2.62 bits per heavy atom.